The number of aliphatic hydroxyl groups excluding tert-OH is 1. The summed E-state index contributed by atoms with van der Waals surface area (Å²) in [4.78, 5) is 25.4. The van der Waals surface area contributed by atoms with Crippen LogP contribution in [0.2, 0.25) is 0 Å². The number of ether oxygens (including phenoxy) is 1. The Balaban J connectivity index is 0.000000151. The number of hydrogen-bond donors (Lipinski definition) is 3. The van der Waals surface area contributed by atoms with Crippen molar-refractivity contribution in [3.63, 3.8) is 0 Å². The van der Waals surface area contributed by atoms with E-state index >= 15 is 0 Å². The van der Waals surface area contributed by atoms with Crippen LogP contribution in [-0.2, 0) is 24.4 Å². The highest BCUT2D eigenvalue weighted by molar-refractivity contribution is 5.89. The van der Waals surface area contributed by atoms with Crippen LogP contribution in [0.5, 0.6) is 0 Å². The number of nitrogens with zero attached hydrogens (tertiary/aromatic N) is 13. The third-order valence-electron chi connectivity index (χ3n) is 8.92. The van der Waals surface area contributed by atoms with Gasteiger partial charge in [-0.15, -0.1) is 10.2 Å². The van der Waals surface area contributed by atoms with Crippen molar-refractivity contribution in [3.8, 4) is 45.5 Å². The number of fused-ring (bicyclic) bond motifs is 10. The van der Waals surface area contributed by atoms with Gasteiger partial charge in [-0.3, -0.25) is 9.13 Å². The van der Waals surface area contributed by atoms with Crippen LogP contribution in [0.1, 0.15) is 64.1 Å². The fourth-order valence-electron chi connectivity index (χ4n) is 6.51. The summed E-state index contributed by atoms with van der Waals surface area (Å²) in [6, 6.07) is 12.0. The van der Waals surface area contributed by atoms with Gasteiger partial charge in [0.2, 0.25) is 0 Å². The summed E-state index contributed by atoms with van der Waals surface area (Å²) in [5.41, 5.74) is 16.8. The van der Waals surface area contributed by atoms with Gasteiger partial charge in [-0.1, -0.05) is 38.4 Å². The number of aromatic nitrogens is 12. The minimum absolute atomic E-state index is 0.0568. The van der Waals surface area contributed by atoms with Crippen molar-refractivity contribution in [2.24, 2.45) is 10.9 Å². The van der Waals surface area contributed by atoms with Crippen LogP contribution in [0.3, 0.4) is 0 Å². The highest BCUT2D eigenvalue weighted by Crippen LogP contribution is 2.37. The molecule has 19 nitrogen and oxygen atoms in total. The number of nitrogens with two attached hydrogens (primary N) is 1. The molecule has 0 bridgehead atoms. The molecule has 2 aliphatic rings. The lowest BCUT2D eigenvalue weighted by atomic mass is 10.0. The number of imidazole rings is 2. The van der Waals surface area contributed by atoms with Gasteiger partial charge in [-0.05, 0) is 71.4 Å². The summed E-state index contributed by atoms with van der Waals surface area (Å²) < 4.78 is 18.0. The molecule has 2 aliphatic heterocycles. The number of amidine groups is 1. The second-order valence-corrected chi connectivity index (χ2v) is 12.8. The van der Waals surface area contributed by atoms with Gasteiger partial charge in [0.1, 0.15) is 18.5 Å². The number of esters is 1. The van der Waals surface area contributed by atoms with Gasteiger partial charge in [-0.25, -0.2) is 24.1 Å². The van der Waals surface area contributed by atoms with Crippen LogP contribution in [0.15, 0.2) is 58.7 Å². The first-order valence-electron chi connectivity index (χ1n) is 17.2. The first-order valence-corrected chi connectivity index (χ1v) is 17.2. The van der Waals surface area contributed by atoms with E-state index in [4.69, 9.17) is 20.2 Å². The smallest absolute Gasteiger partial charge is 0.358 e. The number of carbonyl (C=O) groups excluding carboxylic acids is 1. The molecule has 7 aromatic rings. The van der Waals surface area contributed by atoms with Crippen LogP contribution in [0, 0.1) is 27.7 Å². The molecule has 7 heterocycles. The number of oxime groups is 1. The van der Waals surface area contributed by atoms with Gasteiger partial charge < -0.3 is 25.3 Å². The van der Waals surface area contributed by atoms with Gasteiger partial charge >= 0.3 is 5.97 Å². The summed E-state index contributed by atoms with van der Waals surface area (Å²) >= 11 is 0. The predicted molar refractivity (Wildman–Crippen MR) is 197 cm³/mol. The molecule has 19 heteroatoms. The lowest BCUT2D eigenvalue weighted by Gasteiger charge is -2.11. The Morgan fingerprint density at radius 3 is 2.11 bits per heavy atom. The summed E-state index contributed by atoms with van der Waals surface area (Å²) in [6.07, 6.45) is 3.42. The Labute approximate surface area is 313 Å². The molecule has 0 spiro atoms. The molecule has 0 amide bonds. The van der Waals surface area contributed by atoms with E-state index in [-0.39, 0.29) is 24.7 Å². The van der Waals surface area contributed by atoms with E-state index in [2.05, 4.69) is 75.6 Å². The Morgan fingerprint density at radius 2 is 1.51 bits per heavy atom. The molecule has 282 valence electrons. The summed E-state index contributed by atoms with van der Waals surface area (Å²) in [6.45, 7) is 12.1. The largest absolute Gasteiger partial charge is 0.461 e. The Bertz CT molecular complexity index is 2570. The maximum Gasteiger partial charge on any atom is 0.358 e. The molecule has 0 fully saturated rings. The van der Waals surface area contributed by atoms with Gasteiger partial charge in [0, 0.05) is 11.1 Å². The molecule has 5 aromatic heterocycles. The van der Waals surface area contributed by atoms with E-state index in [0.717, 1.165) is 56.5 Å². The third-order valence-corrected chi connectivity index (χ3v) is 8.92. The molecule has 0 unspecified atom stereocenters. The van der Waals surface area contributed by atoms with E-state index < -0.39 is 5.97 Å². The number of aliphatic hydroxyl groups is 1. The van der Waals surface area contributed by atoms with Gasteiger partial charge in [0.05, 0.1) is 71.8 Å². The quantitative estimate of drug-likeness (QED) is 0.0765. The first kappa shape index (κ1) is 36.3. The molecular weight excluding hydrogens is 708 g/mol. The molecule has 55 heavy (non-hydrogen) atoms. The zero-order valence-electron chi connectivity index (χ0n) is 31.0. The summed E-state index contributed by atoms with van der Waals surface area (Å²) in [5.74, 6) is 0.731. The fourth-order valence-corrected chi connectivity index (χ4v) is 6.51. The average Bonchev–Trinajstić information content (AvgIpc) is 4.00. The van der Waals surface area contributed by atoms with Gasteiger partial charge in [-0.2, -0.15) is 4.98 Å². The van der Waals surface area contributed by atoms with Gasteiger partial charge in [0.15, 0.2) is 17.2 Å². The molecule has 0 radical (unpaired) electrons. The number of hydrogen-bond acceptors (Lipinski definition) is 14. The predicted octanol–water partition coefficient (Wildman–Crippen LogP) is 3.69. The normalized spacial score (nSPS) is 12.2. The second kappa shape index (κ2) is 14.8. The van der Waals surface area contributed by atoms with Crippen molar-refractivity contribution in [1.29, 1.82) is 0 Å². The number of benzene rings is 2. The minimum atomic E-state index is -0.454. The average molecular weight is 747 g/mol. The molecule has 9 rings (SSSR count). The van der Waals surface area contributed by atoms with E-state index in [1.54, 1.807) is 31.2 Å². The maximum absolute atomic E-state index is 12.2. The van der Waals surface area contributed by atoms with Crippen LogP contribution in [0.25, 0.3) is 45.5 Å². The molecule has 0 saturated carbocycles. The Morgan fingerprint density at radius 1 is 0.909 bits per heavy atom. The van der Waals surface area contributed by atoms with Crippen LogP contribution < -0.4 is 5.73 Å². The van der Waals surface area contributed by atoms with Crippen molar-refractivity contribution in [3.05, 3.63) is 94.5 Å². The van der Waals surface area contributed by atoms with E-state index in [0.29, 0.717) is 36.2 Å². The van der Waals surface area contributed by atoms with Crippen LogP contribution >= 0.6 is 0 Å². The Hall–Kier alpha value is -7.02. The molecule has 0 aliphatic carbocycles. The van der Waals surface area contributed by atoms with Gasteiger partial charge in [0.25, 0.3) is 5.89 Å². The SMILES string of the molecule is C/C(N)=N/O.CCOC(=O)c1ncn2c1Cn1nnc(C)c1-c1cc(CO)ccc1-2.Cc1ccc2c(c1)-c1c(C)nnn1Cc1c(-c3nc(C)no3)ncn1-2. The standard InChI is InChI=1S/C17H15N7O.C17H17N5O3.C2H6N2O/c1-9-4-5-13-12(6-9)16-10(2)20-22-24(16)7-14-15(18-8-23(13)14)17-19-11(3)21-25-17;1-3-25-17(24)15-14-7-22-16(10(2)19-20-22)12-6-11(8-23)4-5-13(12)21(14)9-18-15;1-2(3)4-5/h4-6,8H,7H2,1-3H3;4-6,9,23H,3,7-8H2,1-2H3;5H,1H3,(H2,3,4). The van der Waals surface area contributed by atoms with Crippen molar-refractivity contribution in [2.75, 3.05) is 6.61 Å². The molecule has 2 aromatic carbocycles. The molecular formula is C36H38N14O5. The zero-order chi connectivity index (χ0) is 39.0. The van der Waals surface area contributed by atoms with E-state index in [9.17, 15) is 9.90 Å². The lowest BCUT2D eigenvalue weighted by molar-refractivity contribution is 0.0518. The topological polar surface area (TPSA) is 241 Å². The van der Waals surface area contributed by atoms with Crippen molar-refractivity contribution in [1.82, 2.24) is 59.2 Å². The number of aryl methyl sites for hydroxylation is 4. The zero-order valence-corrected chi connectivity index (χ0v) is 31.0. The minimum Gasteiger partial charge on any atom is -0.461 e. The number of rotatable bonds is 4. The number of carbonyl (C=O) groups is 1. The first-order chi connectivity index (χ1) is 26.5. The maximum atomic E-state index is 12.2. The van der Waals surface area contributed by atoms with Crippen LogP contribution in [-0.4, -0.2) is 88.0 Å². The van der Waals surface area contributed by atoms with E-state index in [1.807, 2.05) is 41.3 Å². The second-order valence-electron chi connectivity index (χ2n) is 12.8. The van der Waals surface area contributed by atoms with Crippen molar-refractivity contribution >= 4 is 11.8 Å². The highest BCUT2D eigenvalue weighted by atomic mass is 16.5. The third kappa shape index (κ3) is 6.71. The Kier molecular flexibility index (Phi) is 9.77. The van der Waals surface area contributed by atoms with Crippen molar-refractivity contribution in [2.45, 2.75) is 61.2 Å². The summed E-state index contributed by atoms with van der Waals surface area (Å²) in [7, 11) is 0. The van der Waals surface area contributed by atoms with Crippen LogP contribution in [0.4, 0.5) is 0 Å². The monoisotopic (exact) mass is 746 g/mol. The molecule has 4 N–H and O–H groups in total. The molecule has 0 atom stereocenters. The highest BCUT2D eigenvalue weighted by Gasteiger charge is 2.29. The lowest BCUT2D eigenvalue weighted by Crippen LogP contribution is -2.12. The van der Waals surface area contributed by atoms with E-state index in [1.165, 1.54) is 12.5 Å². The fraction of sp³-hybridized carbons (Fsp3) is 0.278. The summed E-state index contributed by atoms with van der Waals surface area (Å²) in [5, 5.41) is 40.5. The molecule has 0 saturated heterocycles. The van der Waals surface area contributed by atoms with Crippen molar-refractivity contribution < 1.29 is 24.4 Å².